The summed E-state index contributed by atoms with van der Waals surface area (Å²) in [4.78, 5) is 4.72. The van der Waals surface area contributed by atoms with Gasteiger partial charge in [-0.3, -0.25) is 4.99 Å². The monoisotopic (exact) mass is 267 g/mol. The summed E-state index contributed by atoms with van der Waals surface area (Å²) >= 11 is 0. The molecule has 0 aliphatic heterocycles. The van der Waals surface area contributed by atoms with Crippen LogP contribution >= 0.6 is 0 Å². The number of aliphatic imine (C=N–C) groups is 1. The average molecular weight is 267 g/mol. The third kappa shape index (κ3) is 4.19. The van der Waals surface area contributed by atoms with Crippen LogP contribution in [0, 0.1) is 0 Å². The number of unbranched alkanes of at least 4 members (excludes halogenated alkanes) is 4. The van der Waals surface area contributed by atoms with E-state index in [2.05, 4.69) is 56.3 Å². The number of rotatable bonds is 7. The molecule has 0 unspecified atom stereocenters. The molecule has 0 aliphatic rings. The lowest BCUT2D eigenvalue weighted by molar-refractivity contribution is 0.638. The molecule has 0 atom stereocenters. The molecular weight excluding hydrogens is 242 g/mol. The van der Waals surface area contributed by atoms with E-state index in [4.69, 9.17) is 4.99 Å². The van der Waals surface area contributed by atoms with E-state index < -0.39 is 0 Å². The van der Waals surface area contributed by atoms with Gasteiger partial charge >= 0.3 is 0 Å². The fraction of sp³-hybridized carbons (Fsp3) is 0.421. The maximum Gasteiger partial charge on any atom is 0.0392 e. The zero-order valence-corrected chi connectivity index (χ0v) is 12.7. The molecule has 0 amide bonds. The van der Waals surface area contributed by atoms with E-state index in [1.807, 2.05) is 0 Å². The third-order valence-electron chi connectivity index (χ3n) is 3.78. The predicted molar refractivity (Wildman–Crippen MR) is 89.8 cm³/mol. The normalized spacial score (nSPS) is 12.0. The zero-order valence-electron chi connectivity index (χ0n) is 12.7. The van der Waals surface area contributed by atoms with E-state index in [0.29, 0.717) is 0 Å². The van der Waals surface area contributed by atoms with E-state index in [0.717, 1.165) is 12.3 Å². The molecule has 1 heteroatoms. The average Bonchev–Trinajstić information content (AvgIpc) is 2.50. The van der Waals surface area contributed by atoms with Crippen LogP contribution in [0.4, 0.5) is 0 Å². The largest absolute Gasteiger partial charge is 0.289 e. The van der Waals surface area contributed by atoms with Crippen molar-refractivity contribution in [2.24, 2.45) is 4.99 Å². The van der Waals surface area contributed by atoms with Gasteiger partial charge in [0.2, 0.25) is 0 Å². The standard InChI is InChI=1S/C19H25N/c1-3-4-5-6-9-14-20-16(2)18-13-12-17-10-7-8-11-19(17)15-18/h7-8,10-13,15H,3-6,9,14H2,1-2H3. The Morgan fingerprint density at radius 3 is 2.45 bits per heavy atom. The van der Waals surface area contributed by atoms with Crippen LogP contribution in [-0.2, 0) is 0 Å². The second-order valence-corrected chi connectivity index (χ2v) is 5.44. The van der Waals surface area contributed by atoms with Crippen LogP contribution in [0.2, 0.25) is 0 Å². The van der Waals surface area contributed by atoms with Crippen LogP contribution in [-0.4, -0.2) is 12.3 Å². The molecule has 2 aromatic rings. The van der Waals surface area contributed by atoms with E-state index >= 15 is 0 Å². The van der Waals surface area contributed by atoms with Crippen LogP contribution < -0.4 is 0 Å². The van der Waals surface area contributed by atoms with Gasteiger partial charge < -0.3 is 0 Å². The molecule has 0 heterocycles. The Labute approximate surface area is 122 Å². The van der Waals surface area contributed by atoms with Gasteiger partial charge in [0.1, 0.15) is 0 Å². The number of nitrogens with zero attached hydrogens (tertiary/aromatic N) is 1. The molecule has 0 aromatic heterocycles. The Balaban J connectivity index is 1.94. The van der Waals surface area contributed by atoms with Crippen molar-refractivity contribution in [3.8, 4) is 0 Å². The smallest absolute Gasteiger partial charge is 0.0392 e. The van der Waals surface area contributed by atoms with Gasteiger partial charge in [-0.2, -0.15) is 0 Å². The highest BCUT2D eigenvalue weighted by Gasteiger charge is 1.99. The quantitative estimate of drug-likeness (QED) is 0.456. The summed E-state index contributed by atoms with van der Waals surface area (Å²) in [5.41, 5.74) is 2.41. The lowest BCUT2D eigenvalue weighted by Crippen LogP contribution is -1.96. The zero-order chi connectivity index (χ0) is 14.2. The maximum absolute atomic E-state index is 4.72. The molecule has 2 aromatic carbocycles. The Hall–Kier alpha value is -1.63. The summed E-state index contributed by atoms with van der Waals surface area (Å²) in [6.07, 6.45) is 6.53. The first kappa shape index (κ1) is 14.8. The summed E-state index contributed by atoms with van der Waals surface area (Å²) in [6, 6.07) is 15.1. The minimum atomic E-state index is 0.961. The second-order valence-electron chi connectivity index (χ2n) is 5.44. The summed E-state index contributed by atoms with van der Waals surface area (Å²) < 4.78 is 0. The SMILES string of the molecule is CCCCCCCN=C(C)c1ccc2ccccc2c1. The van der Waals surface area contributed by atoms with E-state index in [-0.39, 0.29) is 0 Å². The molecule has 106 valence electrons. The number of benzene rings is 2. The van der Waals surface area contributed by atoms with Gasteiger partial charge in [-0.15, -0.1) is 0 Å². The molecular formula is C19H25N. The molecule has 0 fully saturated rings. The first-order valence-electron chi connectivity index (χ1n) is 7.81. The van der Waals surface area contributed by atoms with E-state index in [1.54, 1.807) is 0 Å². The van der Waals surface area contributed by atoms with Gasteiger partial charge in [0, 0.05) is 12.3 Å². The molecule has 20 heavy (non-hydrogen) atoms. The fourth-order valence-corrected chi connectivity index (χ4v) is 2.47. The Morgan fingerprint density at radius 1 is 0.900 bits per heavy atom. The molecule has 0 saturated heterocycles. The highest BCUT2D eigenvalue weighted by atomic mass is 14.7. The number of hydrogen-bond donors (Lipinski definition) is 0. The van der Waals surface area contributed by atoms with Crippen molar-refractivity contribution in [2.45, 2.75) is 46.0 Å². The van der Waals surface area contributed by atoms with Crippen molar-refractivity contribution in [3.05, 3.63) is 48.0 Å². The van der Waals surface area contributed by atoms with Crippen LogP contribution in [0.5, 0.6) is 0 Å². The van der Waals surface area contributed by atoms with Crippen LogP contribution in [0.3, 0.4) is 0 Å². The third-order valence-corrected chi connectivity index (χ3v) is 3.78. The van der Waals surface area contributed by atoms with Crippen LogP contribution in [0.1, 0.15) is 51.5 Å². The highest BCUT2D eigenvalue weighted by Crippen LogP contribution is 2.16. The van der Waals surface area contributed by atoms with Crippen molar-refractivity contribution in [1.82, 2.24) is 0 Å². The maximum atomic E-state index is 4.72. The summed E-state index contributed by atoms with van der Waals surface area (Å²) in [5.74, 6) is 0. The molecule has 2 rings (SSSR count). The van der Waals surface area contributed by atoms with Gasteiger partial charge in [-0.1, -0.05) is 69.0 Å². The Bertz CT molecular complexity index is 569. The van der Waals surface area contributed by atoms with Crippen molar-refractivity contribution in [2.75, 3.05) is 6.54 Å². The molecule has 0 spiro atoms. The minimum absolute atomic E-state index is 0.961. The first-order valence-corrected chi connectivity index (χ1v) is 7.81. The minimum Gasteiger partial charge on any atom is -0.289 e. The lowest BCUT2D eigenvalue weighted by atomic mass is 10.0. The van der Waals surface area contributed by atoms with Gasteiger partial charge in [-0.05, 0) is 35.7 Å². The molecule has 0 saturated carbocycles. The van der Waals surface area contributed by atoms with Crippen molar-refractivity contribution >= 4 is 16.5 Å². The summed E-state index contributed by atoms with van der Waals surface area (Å²) in [6.45, 7) is 5.33. The second kappa shape index (κ2) is 7.84. The molecule has 0 bridgehead atoms. The predicted octanol–water partition coefficient (Wildman–Crippen LogP) is 5.62. The Morgan fingerprint density at radius 2 is 1.65 bits per heavy atom. The summed E-state index contributed by atoms with van der Waals surface area (Å²) in [7, 11) is 0. The Kier molecular flexibility index (Phi) is 5.79. The van der Waals surface area contributed by atoms with Crippen molar-refractivity contribution in [1.29, 1.82) is 0 Å². The molecule has 1 nitrogen and oxygen atoms in total. The molecule has 0 radical (unpaired) electrons. The van der Waals surface area contributed by atoms with Gasteiger partial charge in [-0.25, -0.2) is 0 Å². The summed E-state index contributed by atoms with van der Waals surface area (Å²) in [5, 5.41) is 2.59. The van der Waals surface area contributed by atoms with Gasteiger partial charge in [0.15, 0.2) is 0 Å². The number of hydrogen-bond acceptors (Lipinski definition) is 1. The van der Waals surface area contributed by atoms with Crippen molar-refractivity contribution < 1.29 is 0 Å². The van der Waals surface area contributed by atoms with Crippen molar-refractivity contribution in [3.63, 3.8) is 0 Å². The van der Waals surface area contributed by atoms with E-state index in [1.165, 1.54) is 48.4 Å². The molecule has 0 N–H and O–H groups in total. The lowest BCUT2D eigenvalue weighted by Gasteiger charge is -2.04. The van der Waals surface area contributed by atoms with Crippen LogP contribution in [0.15, 0.2) is 47.5 Å². The van der Waals surface area contributed by atoms with Gasteiger partial charge in [0.25, 0.3) is 0 Å². The van der Waals surface area contributed by atoms with Gasteiger partial charge in [0.05, 0.1) is 0 Å². The van der Waals surface area contributed by atoms with Crippen LogP contribution in [0.25, 0.3) is 10.8 Å². The molecule has 0 aliphatic carbocycles. The highest BCUT2D eigenvalue weighted by molar-refractivity contribution is 6.01. The number of fused-ring (bicyclic) bond motifs is 1. The topological polar surface area (TPSA) is 12.4 Å². The van der Waals surface area contributed by atoms with E-state index in [9.17, 15) is 0 Å². The fourth-order valence-electron chi connectivity index (χ4n) is 2.47. The first-order chi connectivity index (χ1) is 9.81.